The summed E-state index contributed by atoms with van der Waals surface area (Å²) in [5.74, 6) is -0.880. The number of hydrogen-bond donors (Lipinski definition) is 4. The minimum Gasteiger partial charge on any atom is -0.475 e. The molecule has 1 aromatic carbocycles. The third kappa shape index (κ3) is 6.36. The number of carbonyl (C=O) groups is 1. The van der Waals surface area contributed by atoms with Gasteiger partial charge in [-0.1, -0.05) is 0 Å². The largest absolute Gasteiger partial charge is 0.475 e. The van der Waals surface area contributed by atoms with Crippen LogP contribution in [0.5, 0.6) is 5.88 Å². The Labute approximate surface area is 204 Å². The first-order chi connectivity index (χ1) is 16.6. The number of nitrogens with one attached hydrogen (secondary N) is 4. The van der Waals surface area contributed by atoms with Crippen LogP contribution in [0.15, 0.2) is 53.8 Å². The maximum absolute atomic E-state index is 12.4. The average Bonchev–Trinajstić information content (AvgIpc) is 3.28. The lowest BCUT2D eigenvalue weighted by atomic mass is 10.3. The molecule has 3 aromatic rings. The molecule has 0 aliphatic carbocycles. The number of methoxy groups -OCH3 is 1. The molecule has 0 aliphatic heterocycles. The van der Waals surface area contributed by atoms with Crippen LogP contribution in [-0.2, 0) is 14.8 Å². The molecule has 2 heterocycles. The number of amides is 1. The number of thiocarbonyl (C=S) groups is 1. The summed E-state index contributed by atoms with van der Waals surface area (Å²) in [5.41, 5.74) is 4.90. The van der Waals surface area contributed by atoms with E-state index in [9.17, 15) is 23.3 Å². The average molecular weight is 522 g/mol. The van der Waals surface area contributed by atoms with Crippen molar-refractivity contribution in [2.24, 2.45) is 0 Å². The van der Waals surface area contributed by atoms with Gasteiger partial charge in [0.05, 0.1) is 16.9 Å². The highest BCUT2D eigenvalue weighted by atomic mass is 32.2. The van der Waals surface area contributed by atoms with Crippen molar-refractivity contribution in [3.8, 4) is 5.88 Å². The number of benzene rings is 1. The van der Waals surface area contributed by atoms with Crippen LogP contribution in [-0.4, -0.2) is 51.2 Å². The van der Waals surface area contributed by atoms with Gasteiger partial charge < -0.3 is 10.1 Å². The topological polar surface area (TPSA) is 195 Å². The van der Waals surface area contributed by atoms with Crippen molar-refractivity contribution < 1.29 is 22.9 Å². The molecule has 15 nitrogen and oxygen atoms in total. The molecule has 3 rings (SSSR count). The second kappa shape index (κ2) is 10.7. The Bertz CT molecular complexity index is 1330. The van der Waals surface area contributed by atoms with Gasteiger partial charge in [0.25, 0.3) is 15.9 Å². The molecule has 2 aromatic heterocycles. The first-order valence-corrected chi connectivity index (χ1v) is 11.5. The maximum Gasteiger partial charge on any atom is 0.350 e. The van der Waals surface area contributed by atoms with Crippen molar-refractivity contribution >= 4 is 50.6 Å². The number of hydrazine groups is 1. The zero-order valence-corrected chi connectivity index (χ0v) is 19.8. The molecule has 184 valence electrons. The Balaban J connectivity index is 1.55. The summed E-state index contributed by atoms with van der Waals surface area (Å²) >= 11 is 5.11. The molecule has 0 radical (unpaired) electrons. The van der Waals surface area contributed by atoms with Crippen molar-refractivity contribution in [3.63, 3.8) is 0 Å². The first kappa shape index (κ1) is 25.2. The van der Waals surface area contributed by atoms with Crippen LogP contribution in [0.4, 0.5) is 17.3 Å². The van der Waals surface area contributed by atoms with Gasteiger partial charge >= 0.3 is 11.6 Å². The molecule has 0 aliphatic rings. The van der Waals surface area contributed by atoms with Crippen LogP contribution >= 0.6 is 12.2 Å². The molecule has 0 saturated heterocycles. The lowest BCUT2D eigenvalue weighted by Gasteiger charge is -2.15. The Hall–Kier alpha value is -4.38. The van der Waals surface area contributed by atoms with Gasteiger partial charge in [0.2, 0.25) is 5.95 Å². The molecule has 0 spiro atoms. The van der Waals surface area contributed by atoms with E-state index in [-0.39, 0.29) is 27.5 Å². The lowest BCUT2D eigenvalue weighted by Crippen LogP contribution is -2.46. The van der Waals surface area contributed by atoms with Gasteiger partial charge in [-0.25, -0.2) is 27.8 Å². The fraction of sp³-hybridized carbons (Fsp3) is 0.167. The third-order valence-corrected chi connectivity index (χ3v) is 5.91. The van der Waals surface area contributed by atoms with Crippen LogP contribution < -0.4 is 25.6 Å². The Kier molecular flexibility index (Phi) is 7.72. The van der Waals surface area contributed by atoms with E-state index in [1.807, 2.05) is 0 Å². The first-order valence-electron chi connectivity index (χ1n) is 9.65. The molecule has 0 fully saturated rings. The quantitative estimate of drug-likeness (QED) is 0.186. The molecular formula is C18H19N9O6S2. The summed E-state index contributed by atoms with van der Waals surface area (Å²) in [6.45, 7) is 1.47. The molecule has 4 N–H and O–H groups in total. The molecule has 0 bridgehead atoms. The number of anilines is 2. The summed E-state index contributed by atoms with van der Waals surface area (Å²) in [6.07, 6.45) is 3.89. The predicted octanol–water partition coefficient (Wildman–Crippen LogP) is 0.970. The zero-order chi connectivity index (χ0) is 25.6. The van der Waals surface area contributed by atoms with Crippen LogP contribution in [0.1, 0.15) is 13.0 Å². The van der Waals surface area contributed by atoms with Gasteiger partial charge in [0.1, 0.15) is 12.2 Å². The minimum absolute atomic E-state index is 0.000920. The molecular weight excluding hydrogens is 502 g/mol. The van der Waals surface area contributed by atoms with Crippen molar-refractivity contribution in [2.45, 2.75) is 17.9 Å². The SMILES string of the molecule is COc1nn([C@H](C)C(=O)NNC(=S)Nc2ccc(S(=O)(=O)Nc3ncccn3)cc2)cc1[N+](=O)[O-]. The summed E-state index contributed by atoms with van der Waals surface area (Å²) in [7, 11) is -2.66. The Morgan fingerprint density at radius 3 is 2.43 bits per heavy atom. The number of sulfonamides is 1. The number of rotatable bonds is 8. The van der Waals surface area contributed by atoms with Gasteiger partial charge in [-0.3, -0.25) is 25.8 Å². The Morgan fingerprint density at radius 2 is 1.86 bits per heavy atom. The smallest absolute Gasteiger partial charge is 0.350 e. The number of nitrogens with zero attached hydrogens (tertiary/aromatic N) is 5. The summed E-state index contributed by atoms with van der Waals surface area (Å²) in [6, 6.07) is 6.24. The van der Waals surface area contributed by atoms with Gasteiger partial charge in [-0.2, -0.15) is 0 Å². The molecule has 0 saturated carbocycles. The van der Waals surface area contributed by atoms with Gasteiger partial charge in [-0.15, -0.1) is 5.10 Å². The highest BCUT2D eigenvalue weighted by molar-refractivity contribution is 7.92. The third-order valence-electron chi connectivity index (χ3n) is 4.36. The fourth-order valence-corrected chi connectivity index (χ4v) is 3.72. The van der Waals surface area contributed by atoms with Crippen molar-refractivity contribution in [1.82, 2.24) is 30.6 Å². The molecule has 35 heavy (non-hydrogen) atoms. The highest BCUT2D eigenvalue weighted by Gasteiger charge is 2.25. The standard InChI is InChI=1S/C18H19N9O6S2/c1-11(26-10-14(27(29)30)16(24-26)33-2)15(28)22-23-18(34)21-12-4-6-13(7-5-12)35(31,32)25-17-19-8-3-9-20-17/h3-11H,1-2H3,(H,22,28)(H,19,20,25)(H2,21,23,34)/t11-/m1/s1. The maximum atomic E-state index is 12.4. The summed E-state index contributed by atoms with van der Waals surface area (Å²) < 4.78 is 33.0. The summed E-state index contributed by atoms with van der Waals surface area (Å²) in [5, 5.41) is 17.7. The number of ether oxygens (including phenoxy) is 1. The molecule has 1 atom stereocenters. The van der Waals surface area contributed by atoms with Crippen LogP contribution in [0, 0.1) is 10.1 Å². The van der Waals surface area contributed by atoms with E-state index >= 15 is 0 Å². The van der Waals surface area contributed by atoms with E-state index in [0.29, 0.717) is 5.69 Å². The number of nitro groups is 1. The number of hydrogen-bond acceptors (Lipinski definition) is 10. The zero-order valence-electron chi connectivity index (χ0n) is 18.2. The van der Waals surface area contributed by atoms with Crippen molar-refractivity contribution in [1.29, 1.82) is 0 Å². The fourth-order valence-electron chi connectivity index (χ4n) is 2.59. The van der Waals surface area contributed by atoms with E-state index in [0.717, 1.165) is 10.9 Å². The van der Waals surface area contributed by atoms with E-state index in [1.54, 1.807) is 6.07 Å². The monoisotopic (exact) mass is 521 g/mol. The van der Waals surface area contributed by atoms with Crippen molar-refractivity contribution in [3.05, 3.63) is 59.0 Å². The van der Waals surface area contributed by atoms with Crippen LogP contribution in [0.25, 0.3) is 0 Å². The van der Waals surface area contributed by atoms with E-state index in [4.69, 9.17) is 17.0 Å². The van der Waals surface area contributed by atoms with Gasteiger partial charge in [-0.05, 0) is 49.5 Å². The lowest BCUT2D eigenvalue weighted by molar-refractivity contribution is -0.385. The van der Waals surface area contributed by atoms with Crippen molar-refractivity contribution in [2.75, 3.05) is 17.1 Å². The van der Waals surface area contributed by atoms with E-state index in [1.165, 1.54) is 50.7 Å². The van der Waals surface area contributed by atoms with E-state index < -0.39 is 26.9 Å². The van der Waals surface area contributed by atoms with Gasteiger partial charge in [0.15, 0.2) is 5.11 Å². The second-order valence-electron chi connectivity index (χ2n) is 6.71. The highest BCUT2D eigenvalue weighted by Crippen LogP contribution is 2.25. The second-order valence-corrected chi connectivity index (χ2v) is 8.80. The molecule has 17 heteroatoms. The van der Waals surface area contributed by atoms with Crippen LogP contribution in [0.2, 0.25) is 0 Å². The van der Waals surface area contributed by atoms with Gasteiger partial charge in [0, 0.05) is 18.1 Å². The minimum atomic E-state index is -3.89. The molecule has 0 unspecified atom stereocenters. The van der Waals surface area contributed by atoms with Crippen LogP contribution in [0.3, 0.4) is 0 Å². The molecule has 1 amide bonds. The Morgan fingerprint density at radius 1 is 1.20 bits per heavy atom. The number of aromatic nitrogens is 4. The number of carbonyl (C=O) groups excluding carboxylic acids is 1. The summed E-state index contributed by atoms with van der Waals surface area (Å²) in [4.78, 5) is 30.3. The predicted molar refractivity (Wildman–Crippen MR) is 127 cm³/mol. The van der Waals surface area contributed by atoms with E-state index in [2.05, 4.69) is 36.0 Å². The normalized spacial score (nSPS) is 11.7.